The number of nitrogens with one attached hydrogen (secondary N) is 1. The van der Waals surface area contributed by atoms with Crippen LogP contribution >= 0.6 is 0 Å². The summed E-state index contributed by atoms with van der Waals surface area (Å²) in [5, 5.41) is 3.25. The molecule has 0 saturated heterocycles. The van der Waals surface area contributed by atoms with Gasteiger partial charge in [0.25, 0.3) is 0 Å². The van der Waals surface area contributed by atoms with Gasteiger partial charge in [-0.25, -0.2) is 0 Å². The fourth-order valence-electron chi connectivity index (χ4n) is 1.32. The SMILES string of the molecule is CN=C(c1ccccc1)C([SiH3])NC. The fraction of sp³-hybridized carbons (Fsp3) is 0.300. The van der Waals surface area contributed by atoms with Gasteiger partial charge in [0.15, 0.2) is 0 Å². The summed E-state index contributed by atoms with van der Waals surface area (Å²) in [6, 6.07) is 10.3. The van der Waals surface area contributed by atoms with E-state index in [0.717, 1.165) is 16.0 Å². The summed E-state index contributed by atoms with van der Waals surface area (Å²) in [5.41, 5.74) is 2.82. The van der Waals surface area contributed by atoms with Crippen molar-refractivity contribution in [2.75, 3.05) is 14.1 Å². The molecule has 1 aromatic carbocycles. The van der Waals surface area contributed by atoms with E-state index in [1.165, 1.54) is 5.56 Å². The molecule has 0 aliphatic heterocycles. The lowest BCUT2D eigenvalue weighted by atomic mass is 10.1. The molecule has 0 aliphatic rings. The van der Waals surface area contributed by atoms with Crippen molar-refractivity contribution in [1.29, 1.82) is 0 Å². The average Bonchev–Trinajstić information content (AvgIpc) is 2.20. The number of hydrogen-bond donors (Lipinski definition) is 1. The van der Waals surface area contributed by atoms with Crippen molar-refractivity contribution >= 4 is 16.0 Å². The Morgan fingerprint density at radius 3 is 2.46 bits per heavy atom. The molecule has 0 fully saturated rings. The fourth-order valence-corrected chi connectivity index (χ4v) is 1.91. The molecule has 0 aliphatic carbocycles. The number of nitrogens with zero attached hydrogens (tertiary/aromatic N) is 1. The zero-order valence-corrected chi connectivity index (χ0v) is 10.4. The summed E-state index contributed by atoms with van der Waals surface area (Å²) < 4.78 is 0. The van der Waals surface area contributed by atoms with Crippen LogP contribution in [0, 0.1) is 0 Å². The minimum Gasteiger partial charge on any atom is -0.315 e. The van der Waals surface area contributed by atoms with Crippen LogP contribution in [-0.4, -0.2) is 35.7 Å². The van der Waals surface area contributed by atoms with Gasteiger partial charge in [0.1, 0.15) is 0 Å². The number of rotatable bonds is 3. The van der Waals surface area contributed by atoms with E-state index >= 15 is 0 Å². The second-order valence-corrected chi connectivity index (χ2v) is 4.14. The molecule has 1 N–H and O–H groups in total. The van der Waals surface area contributed by atoms with Gasteiger partial charge in [-0.3, -0.25) is 4.99 Å². The average molecular weight is 192 g/mol. The van der Waals surface area contributed by atoms with E-state index in [1.54, 1.807) is 0 Å². The van der Waals surface area contributed by atoms with Crippen LogP contribution in [0.25, 0.3) is 0 Å². The summed E-state index contributed by atoms with van der Waals surface area (Å²) in [6.45, 7) is 0. The van der Waals surface area contributed by atoms with Crippen molar-refractivity contribution in [1.82, 2.24) is 5.32 Å². The summed E-state index contributed by atoms with van der Waals surface area (Å²) in [5.74, 6) is 0. The molecule has 13 heavy (non-hydrogen) atoms. The van der Waals surface area contributed by atoms with Crippen LogP contribution in [0.3, 0.4) is 0 Å². The summed E-state index contributed by atoms with van der Waals surface area (Å²) in [6.07, 6.45) is 0. The van der Waals surface area contributed by atoms with Gasteiger partial charge in [0, 0.05) is 23.0 Å². The van der Waals surface area contributed by atoms with Gasteiger partial charge in [-0.05, 0) is 12.6 Å². The van der Waals surface area contributed by atoms with E-state index in [2.05, 4.69) is 22.4 Å². The van der Waals surface area contributed by atoms with Crippen molar-refractivity contribution in [3.05, 3.63) is 35.9 Å². The van der Waals surface area contributed by atoms with Gasteiger partial charge < -0.3 is 5.32 Å². The summed E-state index contributed by atoms with van der Waals surface area (Å²) >= 11 is 0. The minimum atomic E-state index is 0.437. The number of benzene rings is 1. The molecule has 0 radical (unpaired) electrons. The lowest BCUT2D eigenvalue weighted by Crippen LogP contribution is -2.34. The molecule has 0 heterocycles. The molecule has 0 spiro atoms. The molecule has 70 valence electrons. The summed E-state index contributed by atoms with van der Waals surface area (Å²) in [7, 11) is 4.91. The zero-order valence-electron chi connectivity index (χ0n) is 8.41. The van der Waals surface area contributed by atoms with Crippen LogP contribution in [0.5, 0.6) is 0 Å². The van der Waals surface area contributed by atoms with Crippen LogP contribution < -0.4 is 5.32 Å². The van der Waals surface area contributed by atoms with Crippen molar-refractivity contribution in [2.24, 2.45) is 4.99 Å². The highest BCUT2D eigenvalue weighted by Gasteiger charge is 2.08. The highest BCUT2D eigenvalue weighted by Crippen LogP contribution is 2.02. The van der Waals surface area contributed by atoms with Gasteiger partial charge in [-0.15, -0.1) is 0 Å². The van der Waals surface area contributed by atoms with Crippen molar-refractivity contribution in [2.45, 2.75) is 5.67 Å². The van der Waals surface area contributed by atoms with Gasteiger partial charge in [0.2, 0.25) is 0 Å². The molecular weight excluding hydrogens is 176 g/mol. The van der Waals surface area contributed by atoms with Crippen LogP contribution in [0.15, 0.2) is 35.3 Å². The van der Waals surface area contributed by atoms with Crippen LogP contribution in [-0.2, 0) is 0 Å². The largest absolute Gasteiger partial charge is 0.315 e. The van der Waals surface area contributed by atoms with Crippen molar-refractivity contribution < 1.29 is 0 Å². The van der Waals surface area contributed by atoms with Crippen molar-refractivity contribution in [3.63, 3.8) is 0 Å². The highest BCUT2D eigenvalue weighted by atomic mass is 28.1. The predicted molar refractivity (Wildman–Crippen MR) is 61.7 cm³/mol. The maximum atomic E-state index is 4.32. The molecule has 0 bridgehead atoms. The second kappa shape index (κ2) is 4.94. The van der Waals surface area contributed by atoms with Gasteiger partial charge in [-0.2, -0.15) is 0 Å². The molecule has 0 amide bonds. The molecule has 0 aromatic heterocycles. The van der Waals surface area contributed by atoms with E-state index < -0.39 is 0 Å². The Hall–Kier alpha value is -0.933. The Morgan fingerprint density at radius 1 is 1.38 bits per heavy atom. The number of hydrogen-bond acceptors (Lipinski definition) is 2. The molecule has 1 unspecified atom stereocenters. The molecule has 1 atom stereocenters. The van der Waals surface area contributed by atoms with Gasteiger partial charge >= 0.3 is 0 Å². The topological polar surface area (TPSA) is 24.4 Å². The normalized spacial score (nSPS) is 14.5. The Bertz CT molecular complexity index is 282. The third-order valence-corrected chi connectivity index (χ3v) is 3.28. The number of aliphatic imine (C=N–C) groups is 1. The summed E-state index contributed by atoms with van der Waals surface area (Å²) in [4.78, 5) is 4.32. The van der Waals surface area contributed by atoms with E-state index in [1.807, 2.05) is 32.3 Å². The lowest BCUT2D eigenvalue weighted by Gasteiger charge is -2.13. The van der Waals surface area contributed by atoms with Gasteiger partial charge in [0.05, 0.1) is 5.71 Å². The third-order valence-electron chi connectivity index (χ3n) is 2.15. The molecule has 2 nitrogen and oxygen atoms in total. The lowest BCUT2D eigenvalue weighted by molar-refractivity contribution is 0.883. The van der Waals surface area contributed by atoms with E-state index in [4.69, 9.17) is 0 Å². The minimum absolute atomic E-state index is 0.437. The molecule has 3 heteroatoms. The second-order valence-electron chi connectivity index (χ2n) is 2.99. The predicted octanol–water partition coefficient (Wildman–Crippen LogP) is 0.0164. The van der Waals surface area contributed by atoms with Crippen LogP contribution in [0.2, 0.25) is 0 Å². The van der Waals surface area contributed by atoms with Gasteiger partial charge in [-0.1, -0.05) is 30.3 Å². The van der Waals surface area contributed by atoms with Crippen molar-refractivity contribution in [3.8, 4) is 0 Å². The Kier molecular flexibility index (Phi) is 3.86. The quantitative estimate of drug-likeness (QED) is 0.530. The first-order valence-corrected chi connectivity index (χ1v) is 5.64. The smallest absolute Gasteiger partial charge is 0.0545 e. The van der Waals surface area contributed by atoms with E-state index in [-0.39, 0.29) is 0 Å². The maximum Gasteiger partial charge on any atom is 0.0545 e. The van der Waals surface area contributed by atoms with Crippen LogP contribution in [0.1, 0.15) is 5.56 Å². The Morgan fingerprint density at radius 2 is 2.00 bits per heavy atom. The highest BCUT2D eigenvalue weighted by molar-refractivity contribution is 6.29. The first-order chi connectivity index (χ1) is 6.29. The monoisotopic (exact) mass is 192 g/mol. The third kappa shape index (κ3) is 2.50. The van der Waals surface area contributed by atoms with E-state index in [9.17, 15) is 0 Å². The Labute approximate surface area is 82.5 Å². The first-order valence-electron chi connectivity index (χ1n) is 4.49. The van der Waals surface area contributed by atoms with E-state index in [0.29, 0.717) is 5.67 Å². The van der Waals surface area contributed by atoms with Crippen LogP contribution in [0.4, 0.5) is 0 Å². The molecule has 0 saturated carbocycles. The molecule has 1 rings (SSSR count). The standard InChI is InChI=1S/C10H16N2Si/c1-11-9(10(13)12-2)8-6-4-3-5-7-8/h3-7,10,12H,1-2,13H3. The Balaban J connectivity index is 2.93. The molecular formula is C10H16N2Si. The zero-order chi connectivity index (χ0) is 9.68. The first kappa shape index (κ1) is 10.1. The number of likely N-dealkylation sites (N-methyl/N-ethyl adjacent to an activating group) is 1. The maximum absolute atomic E-state index is 4.32. The molecule has 1 aromatic rings.